The number of ether oxygens (including phenoxy) is 1. The molecule has 0 saturated carbocycles. The van der Waals surface area contributed by atoms with Crippen molar-refractivity contribution in [3.05, 3.63) is 62.9 Å². The van der Waals surface area contributed by atoms with Crippen LogP contribution in [0.1, 0.15) is 5.56 Å². The fourth-order valence-electron chi connectivity index (χ4n) is 1.61. The molecule has 0 atom stereocenters. The molecule has 0 saturated heterocycles. The van der Waals surface area contributed by atoms with Crippen molar-refractivity contribution in [3.63, 3.8) is 0 Å². The van der Waals surface area contributed by atoms with Crippen molar-refractivity contribution in [3.8, 4) is 11.5 Å². The summed E-state index contributed by atoms with van der Waals surface area (Å²) in [6, 6.07) is 7.59. The molecule has 0 amide bonds. The maximum Gasteiger partial charge on any atom is 0.288 e. The zero-order valence-corrected chi connectivity index (χ0v) is 10.8. The van der Waals surface area contributed by atoms with Gasteiger partial charge in [0.05, 0.1) is 11.5 Å². The van der Waals surface area contributed by atoms with Gasteiger partial charge in [0.25, 0.3) is 5.69 Å². The predicted octanol–water partition coefficient (Wildman–Crippen LogP) is 3.67. The van der Waals surface area contributed by atoms with Gasteiger partial charge in [0.15, 0.2) is 0 Å². The Bertz CT molecular complexity index is 663. The summed E-state index contributed by atoms with van der Waals surface area (Å²) in [7, 11) is 0. The molecule has 0 unspecified atom stereocenters. The Morgan fingerprint density at radius 2 is 2.00 bits per heavy atom. The first-order valence-electron chi connectivity index (χ1n) is 5.51. The minimum Gasteiger partial charge on any atom is -0.457 e. The van der Waals surface area contributed by atoms with E-state index in [1.165, 1.54) is 30.3 Å². The number of nitrogens with zero attached hydrogens (tertiary/aromatic N) is 1. The zero-order chi connectivity index (χ0) is 14.7. The van der Waals surface area contributed by atoms with E-state index in [-0.39, 0.29) is 28.8 Å². The lowest BCUT2D eigenvalue weighted by Gasteiger charge is -2.08. The predicted molar refractivity (Wildman–Crippen MR) is 70.5 cm³/mol. The van der Waals surface area contributed by atoms with Crippen LogP contribution in [0.25, 0.3) is 0 Å². The van der Waals surface area contributed by atoms with Crippen LogP contribution in [0.3, 0.4) is 0 Å². The summed E-state index contributed by atoms with van der Waals surface area (Å²) in [6.45, 7) is -0.324. The van der Waals surface area contributed by atoms with Crippen LogP contribution < -0.4 is 4.74 Å². The highest BCUT2D eigenvalue weighted by Crippen LogP contribution is 2.31. The molecule has 0 aliphatic heterocycles. The normalized spacial score (nSPS) is 10.3. The quantitative estimate of drug-likeness (QED) is 0.690. The third-order valence-electron chi connectivity index (χ3n) is 2.47. The molecule has 5 nitrogen and oxygen atoms in total. The van der Waals surface area contributed by atoms with E-state index in [0.717, 1.165) is 6.07 Å². The van der Waals surface area contributed by atoms with Gasteiger partial charge in [-0.2, -0.15) is 0 Å². The van der Waals surface area contributed by atoms with Gasteiger partial charge in [-0.05, 0) is 23.8 Å². The standard InChI is InChI=1S/C13H9ClFNO4/c14-12-6-10(1-2-13(12)16(18)19)20-11-4-8(7-17)3-9(15)5-11/h1-6,17H,7H2. The Morgan fingerprint density at radius 1 is 1.25 bits per heavy atom. The largest absolute Gasteiger partial charge is 0.457 e. The number of nitro groups is 1. The van der Waals surface area contributed by atoms with Crippen LogP contribution in [0, 0.1) is 15.9 Å². The minimum atomic E-state index is -0.613. The van der Waals surface area contributed by atoms with Crippen molar-refractivity contribution in [1.29, 1.82) is 0 Å². The lowest BCUT2D eigenvalue weighted by Crippen LogP contribution is -1.92. The lowest BCUT2D eigenvalue weighted by molar-refractivity contribution is -0.384. The van der Waals surface area contributed by atoms with Gasteiger partial charge in [-0.15, -0.1) is 0 Å². The molecule has 7 heteroatoms. The van der Waals surface area contributed by atoms with Gasteiger partial charge >= 0.3 is 0 Å². The number of nitro benzene ring substituents is 1. The number of hydrogen-bond donors (Lipinski definition) is 1. The fraction of sp³-hybridized carbons (Fsp3) is 0.0769. The van der Waals surface area contributed by atoms with Crippen LogP contribution in [0.5, 0.6) is 11.5 Å². The van der Waals surface area contributed by atoms with Crippen LogP contribution in [0.4, 0.5) is 10.1 Å². The number of hydrogen-bond acceptors (Lipinski definition) is 4. The van der Waals surface area contributed by atoms with Gasteiger partial charge in [0.1, 0.15) is 22.3 Å². The van der Waals surface area contributed by atoms with Gasteiger partial charge < -0.3 is 9.84 Å². The maximum atomic E-state index is 13.3. The zero-order valence-electron chi connectivity index (χ0n) is 10.0. The van der Waals surface area contributed by atoms with Gasteiger partial charge in [-0.1, -0.05) is 11.6 Å². The Hall–Kier alpha value is -2.18. The third kappa shape index (κ3) is 3.23. The van der Waals surface area contributed by atoms with Crippen molar-refractivity contribution >= 4 is 17.3 Å². The maximum absolute atomic E-state index is 13.3. The van der Waals surface area contributed by atoms with Crippen LogP contribution >= 0.6 is 11.6 Å². The van der Waals surface area contributed by atoms with Gasteiger partial charge in [0.2, 0.25) is 0 Å². The second-order valence-electron chi connectivity index (χ2n) is 3.93. The van der Waals surface area contributed by atoms with E-state index in [4.69, 9.17) is 21.4 Å². The van der Waals surface area contributed by atoms with Crippen LogP contribution in [-0.4, -0.2) is 10.0 Å². The highest BCUT2D eigenvalue weighted by atomic mass is 35.5. The molecule has 0 aliphatic rings. The van der Waals surface area contributed by atoms with Crippen LogP contribution in [-0.2, 0) is 6.61 Å². The minimum absolute atomic E-state index is 0.0775. The molecular formula is C13H9ClFNO4. The summed E-state index contributed by atoms with van der Waals surface area (Å²) < 4.78 is 18.6. The fourth-order valence-corrected chi connectivity index (χ4v) is 1.85. The molecule has 0 spiro atoms. The Balaban J connectivity index is 2.28. The van der Waals surface area contributed by atoms with Crippen molar-refractivity contribution in [1.82, 2.24) is 0 Å². The van der Waals surface area contributed by atoms with Crippen molar-refractivity contribution in [2.75, 3.05) is 0 Å². The second kappa shape index (κ2) is 5.85. The molecule has 2 aromatic rings. The number of aliphatic hydroxyl groups is 1. The summed E-state index contributed by atoms with van der Waals surface area (Å²) in [5.74, 6) is -0.159. The molecule has 0 heterocycles. The van der Waals surface area contributed by atoms with E-state index in [1.807, 2.05) is 0 Å². The Labute approximate surface area is 118 Å². The first kappa shape index (κ1) is 14.2. The number of benzene rings is 2. The van der Waals surface area contributed by atoms with Crippen molar-refractivity contribution < 1.29 is 19.2 Å². The summed E-state index contributed by atoms with van der Waals surface area (Å²) in [5.41, 5.74) is 0.113. The highest BCUT2D eigenvalue weighted by Gasteiger charge is 2.13. The smallest absolute Gasteiger partial charge is 0.288 e. The molecule has 0 bridgehead atoms. The molecule has 104 valence electrons. The van der Waals surface area contributed by atoms with Gasteiger partial charge in [-0.25, -0.2) is 4.39 Å². The number of halogens is 2. The van der Waals surface area contributed by atoms with Crippen LogP contribution in [0.15, 0.2) is 36.4 Å². The Kier molecular flexibility index (Phi) is 4.16. The topological polar surface area (TPSA) is 72.6 Å². The average Bonchev–Trinajstić information content (AvgIpc) is 2.37. The second-order valence-corrected chi connectivity index (χ2v) is 4.33. The third-order valence-corrected chi connectivity index (χ3v) is 2.77. The molecule has 0 fully saturated rings. The van der Waals surface area contributed by atoms with E-state index >= 15 is 0 Å². The average molecular weight is 298 g/mol. The van der Waals surface area contributed by atoms with Gasteiger partial charge in [-0.3, -0.25) is 10.1 Å². The molecule has 20 heavy (non-hydrogen) atoms. The molecular weight excluding hydrogens is 289 g/mol. The van der Waals surface area contributed by atoms with E-state index in [1.54, 1.807) is 0 Å². The summed E-state index contributed by atoms with van der Waals surface area (Å²) in [4.78, 5) is 10.0. The molecule has 2 rings (SSSR count). The SMILES string of the molecule is O=[N+]([O-])c1ccc(Oc2cc(F)cc(CO)c2)cc1Cl. The molecule has 0 aromatic heterocycles. The number of rotatable bonds is 4. The molecule has 1 N–H and O–H groups in total. The van der Waals surface area contributed by atoms with E-state index < -0.39 is 10.7 Å². The highest BCUT2D eigenvalue weighted by molar-refractivity contribution is 6.32. The number of aliphatic hydroxyl groups excluding tert-OH is 1. The van der Waals surface area contributed by atoms with E-state index in [2.05, 4.69) is 0 Å². The Morgan fingerprint density at radius 3 is 2.60 bits per heavy atom. The van der Waals surface area contributed by atoms with Crippen molar-refractivity contribution in [2.45, 2.75) is 6.61 Å². The van der Waals surface area contributed by atoms with E-state index in [9.17, 15) is 14.5 Å². The molecule has 0 aliphatic carbocycles. The first-order chi connectivity index (χ1) is 9.49. The first-order valence-corrected chi connectivity index (χ1v) is 5.89. The van der Waals surface area contributed by atoms with Gasteiger partial charge in [0, 0.05) is 18.2 Å². The summed E-state index contributed by atoms with van der Waals surface area (Å²) >= 11 is 5.74. The monoisotopic (exact) mass is 297 g/mol. The molecule has 0 radical (unpaired) electrons. The van der Waals surface area contributed by atoms with Crippen LogP contribution in [0.2, 0.25) is 5.02 Å². The van der Waals surface area contributed by atoms with E-state index in [0.29, 0.717) is 5.56 Å². The lowest BCUT2D eigenvalue weighted by atomic mass is 10.2. The summed E-state index contributed by atoms with van der Waals surface area (Å²) in [6.07, 6.45) is 0. The van der Waals surface area contributed by atoms with Crippen molar-refractivity contribution in [2.24, 2.45) is 0 Å². The molecule has 2 aromatic carbocycles. The summed E-state index contributed by atoms with van der Waals surface area (Å²) in [5, 5.41) is 19.5.